The summed E-state index contributed by atoms with van der Waals surface area (Å²) in [6, 6.07) is 4.90. The van der Waals surface area contributed by atoms with E-state index >= 15 is 0 Å². The van der Waals surface area contributed by atoms with Crippen LogP contribution in [0.25, 0.3) is 0 Å². The molecule has 0 radical (unpaired) electrons. The number of ether oxygens (including phenoxy) is 1. The van der Waals surface area contributed by atoms with Gasteiger partial charge in [-0.25, -0.2) is 0 Å². The van der Waals surface area contributed by atoms with E-state index in [1.165, 1.54) is 12.0 Å². The van der Waals surface area contributed by atoms with Crippen LogP contribution < -0.4 is 15.4 Å². The third kappa shape index (κ3) is 2.08. The lowest BCUT2D eigenvalue weighted by Gasteiger charge is -2.25. The first-order valence-corrected chi connectivity index (χ1v) is 5.43. The second kappa shape index (κ2) is 4.45. The van der Waals surface area contributed by atoms with Gasteiger partial charge in [0.25, 0.3) is 0 Å². The molecule has 0 aromatic heterocycles. The second-order valence-electron chi connectivity index (χ2n) is 3.90. The first-order valence-electron chi connectivity index (χ1n) is 5.43. The van der Waals surface area contributed by atoms with Gasteiger partial charge in [0.15, 0.2) is 0 Å². The minimum atomic E-state index is -0.175. The fourth-order valence-corrected chi connectivity index (χ4v) is 1.90. The highest BCUT2D eigenvalue weighted by molar-refractivity contribution is 6.16. The Labute approximate surface area is 99.2 Å². The van der Waals surface area contributed by atoms with Crippen LogP contribution in [0.4, 0.5) is 11.4 Å². The SMILES string of the molecule is COc1ccc(N2C(=O)CCCC2=O)cc1N. The van der Waals surface area contributed by atoms with Crippen LogP contribution in [0.2, 0.25) is 0 Å². The minimum absolute atomic E-state index is 0.175. The Morgan fingerprint density at radius 2 is 1.88 bits per heavy atom. The quantitative estimate of drug-likeness (QED) is 0.618. The van der Waals surface area contributed by atoms with Gasteiger partial charge < -0.3 is 10.5 Å². The van der Waals surface area contributed by atoms with Gasteiger partial charge in [-0.2, -0.15) is 0 Å². The number of anilines is 2. The molecule has 0 spiro atoms. The first-order chi connectivity index (χ1) is 8.13. The standard InChI is InChI=1S/C12H14N2O3/c1-17-10-6-5-8(7-9(10)13)14-11(15)3-2-4-12(14)16/h5-7H,2-4,13H2,1H3. The van der Waals surface area contributed by atoms with Crippen LogP contribution in [0.3, 0.4) is 0 Å². The Kier molecular flexibility index (Phi) is 2.99. The molecule has 1 aromatic carbocycles. The van der Waals surface area contributed by atoms with E-state index < -0.39 is 0 Å². The number of imide groups is 1. The van der Waals surface area contributed by atoms with Gasteiger partial charge in [-0.05, 0) is 24.6 Å². The van der Waals surface area contributed by atoms with Crippen LogP contribution in [0.5, 0.6) is 5.75 Å². The van der Waals surface area contributed by atoms with Crippen molar-refractivity contribution in [3.63, 3.8) is 0 Å². The zero-order valence-electron chi connectivity index (χ0n) is 9.60. The normalized spacial score (nSPS) is 16.2. The molecule has 1 aliphatic heterocycles. The van der Waals surface area contributed by atoms with Gasteiger partial charge in [-0.15, -0.1) is 0 Å². The van der Waals surface area contributed by atoms with Gasteiger partial charge in [0.05, 0.1) is 18.5 Å². The molecule has 2 amide bonds. The number of nitrogens with two attached hydrogens (primary N) is 1. The molecule has 0 atom stereocenters. The van der Waals surface area contributed by atoms with E-state index in [4.69, 9.17) is 10.5 Å². The molecule has 0 aliphatic carbocycles. The third-order valence-electron chi connectivity index (χ3n) is 2.75. The van der Waals surface area contributed by atoms with Gasteiger partial charge >= 0.3 is 0 Å². The number of nitrogens with zero attached hydrogens (tertiary/aromatic N) is 1. The Hall–Kier alpha value is -2.04. The number of rotatable bonds is 2. The molecule has 5 nitrogen and oxygen atoms in total. The molecule has 5 heteroatoms. The maximum atomic E-state index is 11.7. The molecule has 0 unspecified atom stereocenters. The van der Waals surface area contributed by atoms with Gasteiger partial charge in [-0.1, -0.05) is 0 Å². The number of methoxy groups -OCH3 is 1. The largest absolute Gasteiger partial charge is 0.495 e. The zero-order valence-corrected chi connectivity index (χ0v) is 9.60. The summed E-state index contributed by atoms with van der Waals surface area (Å²) >= 11 is 0. The van der Waals surface area contributed by atoms with Crippen molar-refractivity contribution in [3.05, 3.63) is 18.2 Å². The van der Waals surface area contributed by atoms with Crippen molar-refractivity contribution in [3.8, 4) is 5.75 Å². The van der Waals surface area contributed by atoms with Gasteiger partial charge in [0.2, 0.25) is 11.8 Å². The van der Waals surface area contributed by atoms with Crippen molar-refractivity contribution in [1.29, 1.82) is 0 Å². The summed E-state index contributed by atoms with van der Waals surface area (Å²) in [4.78, 5) is 24.6. The van der Waals surface area contributed by atoms with Crippen LogP contribution in [-0.2, 0) is 9.59 Å². The highest BCUT2D eigenvalue weighted by atomic mass is 16.5. The number of benzene rings is 1. The van der Waals surface area contributed by atoms with E-state index in [0.717, 1.165) is 0 Å². The number of amides is 2. The Morgan fingerprint density at radius 3 is 2.41 bits per heavy atom. The van der Waals surface area contributed by atoms with Crippen molar-refractivity contribution < 1.29 is 14.3 Å². The molecule has 1 aliphatic rings. The molecule has 2 rings (SSSR count). The van der Waals surface area contributed by atoms with Gasteiger partial charge in [0.1, 0.15) is 5.75 Å². The molecular formula is C12H14N2O3. The van der Waals surface area contributed by atoms with Gasteiger partial charge in [0, 0.05) is 12.8 Å². The molecule has 2 N–H and O–H groups in total. The van der Waals surface area contributed by atoms with E-state index in [0.29, 0.717) is 36.4 Å². The lowest BCUT2D eigenvalue weighted by molar-refractivity contribution is -0.129. The molecule has 0 bridgehead atoms. The van der Waals surface area contributed by atoms with Crippen molar-refractivity contribution in [1.82, 2.24) is 0 Å². The summed E-state index contributed by atoms with van der Waals surface area (Å²) in [7, 11) is 1.52. The first kappa shape index (κ1) is 11.4. The van der Waals surface area contributed by atoms with E-state index in [1.54, 1.807) is 18.2 Å². The predicted octanol–water partition coefficient (Wildman–Crippen LogP) is 1.32. The van der Waals surface area contributed by atoms with Crippen LogP contribution in [0.15, 0.2) is 18.2 Å². The molecule has 1 saturated heterocycles. The van der Waals surface area contributed by atoms with Gasteiger partial charge in [-0.3, -0.25) is 14.5 Å². The van der Waals surface area contributed by atoms with Crippen LogP contribution in [0.1, 0.15) is 19.3 Å². The average Bonchev–Trinajstić information content (AvgIpc) is 2.29. The summed E-state index contributed by atoms with van der Waals surface area (Å²) < 4.78 is 5.03. The summed E-state index contributed by atoms with van der Waals surface area (Å²) in [5, 5.41) is 0. The molecule has 1 heterocycles. The third-order valence-corrected chi connectivity index (χ3v) is 2.75. The Bertz CT molecular complexity index is 455. The van der Waals surface area contributed by atoms with Crippen LogP contribution in [-0.4, -0.2) is 18.9 Å². The zero-order chi connectivity index (χ0) is 12.4. The van der Waals surface area contributed by atoms with Crippen LogP contribution >= 0.6 is 0 Å². The summed E-state index contributed by atoms with van der Waals surface area (Å²) in [5.41, 5.74) is 6.68. The molecule has 90 valence electrons. The summed E-state index contributed by atoms with van der Waals surface area (Å²) in [6.45, 7) is 0. The number of carbonyl (C=O) groups is 2. The smallest absolute Gasteiger partial charge is 0.233 e. The molecular weight excluding hydrogens is 220 g/mol. The molecule has 1 aromatic rings. The molecule has 1 fully saturated rings. The number of hydrogen-bond acceptors (Lipinski definition) is 4. The van der Waals surface area contributed by atoms with Crippen molar-refractivity contribution in [2.24, 2.45) is 0 Å². The highest BCUT2D eigenvalue weighted by Crippen LogP contribution is 2.29. The number of nitrogen functional groups attached to an aromatic ring is 1. The van der Waals surface area contributed by atoms with E-state index in [2.05, 4.69) is 0 Å². The number of hydrogen-bond donors (Lipinski definition) is 1. The lowest BCUT2D eigenvalue weighted by Crippen LogP contribution is -2.40. The topological polar surface area (TPSA) is 72.6 Å². The molecule has 0 saturated carbocycles. The highest BCUT2D eigenvalue weighted by Gasteiger charge is 2.27. The summed E-state index contributed by atoms with van der Waals surface area (Å²) in [5.74, 6) is 0.183. The number of carbonyl (C=O) groups excluding carboxylic acids is 2. The fraction of sp³-hybridized carbons (Fsp3) is 0.333. The maximum Gasteiger partial charge on any atom is 0.233 e. The van der Waals surface area contributed by atoms with E-state index in [-0.39, 0.29) is 11.8 Å². The van der Waals surface area contributed by atoms with E-state index in [1.807, 2.05) is 0 Å². The minimum Gasteiger partial charge on any atom is -0.495 e. The van der Waals surface area contributed by atoms with E-state index in [9.17, 15) is 9.59 Å². The lowest BCUT2D eigenvalue weighted by atomic mass is 10.1. The molecule has 17 heavy (non-hydrogen) atoms. The van der Waals surface area contributed by atoms with Crippen molar-refractivity contribution >= 4 is 23.2 Å². The average molecular weight is 234 g/mol. The van der Waals surface area contributed by atoms with Crippen molar-refractivity contribution in [2.75, 3.05) is 17.7 Å². The fourth-order valence-electron chi connectivity index (χ4n) is 1.90. The Morgan fingerprint density at radius 1 is 1.24 bits per heavy atom. The van der Waals surface area contributed by atoms with Crippen LogP contribution in [0, 0.1) is 0 Å². The maximum absolute atomic E-state index is 11.7. The predicted molar refractivity (Wildman–Crippen MR) is 63.8 cm³/mol. The monoisotopic (exact) mass is 234 g/mol. The summed E-state index contributed by atoms with van der Waals surface area (Å²) in [6.07, 6.45) is 1.43. The van der Waals surface area contributed by atoms with Crippen molar-refractivity contribution in [2.45, 2.75) is 19.3 Å². The Balaban J connectivity index is 2.35. The number of piperidine rings is 1. The second-order valence-corrected chi connectivity index (χ2v) is 3.90.